The minimum absolute atomic E-state index is 0.637. The quantitative estimate of drug-likeness (QED) is 0.136. The van der Waals surface area contributed by atoms with Crippen LogP contribution in [0.25, 0.3) is 146 Å². The van der Waals surface area contributed by atoms with Gasteiger partial charge >= 0.3 is 0 Å². The summed E-state index contributed by atoms with van der Waals surface area (Å²) >= 11 is 0. The summed E-state index contributed by atoms with van der Waals surface area (Å²) < 4.78 is 4.91. The summed E-state index contributed by atoms with van der Waals surface area (Å²) in [6.45, 7) is 8.92. The molecule has 0 unspecified atom stereocenters. The summed E-state index contributed by atoms with van der Waals surface area (Å²) in [6.07, 6.45) is 0. The Hall–Kier alpha value is -11.0. The van der Waals surface area contributed by atoms with Gasteiger partial charge in [-0.3, -0.25) is 0 Å². The zero-order valence-corrected chi connectivity index (χ0v) is 46.8. The lowest BCUT2D eigenvalue weighted by Gasteiger charge is -2.16. The van der Waals surface area contributed by atoms with Crippen molar-refractivity contribution in [3.8, 4) is 102 Å². The molecule has 0 aliphatic carbocycles. The van der Waals surface area contributed by atoms with Gasteiger partial charge in [-0.1, -0.05) is 206 Å². The third kappa shape index (κ3) is 8.71. The molecule has 4 aromatic heterocycles. The van der Waals surface area contributed by atoms with Crippen LogP contribution in [0.3, 0.4) is 0 Å². The lowest BCUT2D eigenvalue weighted by atomic mass is 9.94. The van der Waals surface area contributed by atoms with Crippen molar-refractivity contribution in [2.75, 3.05) is 0 Å². The van der Waals surface area contributed by atoms with Crippen LogP contribution in [0.1, 0.15) is 22.3 Å². The predicted molar refractivity (Wildman–Crippen MR) is 344 cm³/mol. The standard InChI is InChI=1S/C76H54N8/c1-47-43-59(44-48(2)67(47)51-33-37-57(38-34-51)75-79-71(53-21-9-5-10-22-53)77-72(80-75)54-23-11-6-12-24-54)83-63-31-19-17-29-61(63)69-65(83)41-42-66-70(69)62-30-18-20-32-64(62)84(66)60-45-49(3)68(50(4)46-60)52-35-39-58(40-36-52)76-81-73(55-25-13-7-14-26-55)78-74(82-76)56-27-15-8-16-28-56/h5-46H,1-4H3. The van der Waals surface area contributed by atoms with Crippen LogP contribution in [0.4, 0.5) is 0 Å². The second-order valence-electron chi connectivity index (χ2n) is 21.7. The fraction of sp³-hybridized carbons (Fsp3) is 0.0526. The van der Waals surface area contributed by atoms with Crippen molar-refractivity contribution in [1.82, 2.24) is 39.0 Å². The van der Waals surface area contributed by atoms with Gasteiger partial charge in [-0.25, -0.2) is 29.9 Å². The molecule has 0 fully saturated rings. The van der Waals surface area contributed by atoms with E-state index in [-0.39, 0.29) is 0 Å². The summed E-state index contributed by atoms with van der Waals surface area (Å²) in [5.41, 5.74) is 22.1. The van der Waals surface area contributed by atoms with Gasteiger partial charge in [0.2, 0.25) is 0 Å². The largest absolute Gasteiger partial charge is 0.309 e. The minimum Gasteiger partial charge on any atom is -0.309 e. The summed E-state index contributed by atoms with van der Waals surface area (Å²) in [7, 11) is 0. The van der Waals surface area contributed by atoms with Gasteiger partial charge in [-0.15, -0.1) is 0 Å². The Morgan fingerprint density at radius 3 is 0.750 bits per heavy atom. The van der Waals surface area contributed by atoms with Crippen molar-refractivity contribution in [2.24, 2.45) is 0 Å². The number of hydrogen-bond donors (Lipinski definition) is 0. The highest BCUT2D eigenvalue weighted by Gasteiger charge is 2.23. The number of nitrogens with zero attached hydrogens (tertiary/aromatic N) is 8. The van der Waals surface area contributed by atoms with E-state index in [0.29, 0.717) is 34.9 Å². The van der Waals surface area contributed by atoms with E-state index in [2.05, 4.69) is 170 Å². The van der Waals surface area contributed by atoms with E-state index >= 15 is 0 Å². The Morgan fingerprint density at radius 1 is 0.226 bits per heavy atom. The van der Waals surface area contributed by atoms with Crippen LogP contribution in [-0.2, 0) is 0 Å². The van der Waals surface area contributed by atoms with Crippen LogP contribution < -0.4 is 0 Å². The molecule has 0 saturated heterocycles. The number of rotatable bonds is 10. The van der Waals surface area contributed by atoms with E-state index in [1.165, 1.54) is 77.0 Å². The second kappa shape index (κ2) is 20.5. The molecule has 15 rings (SSSR count). The first-order valence-corrected chi connectivity index (χ1v) is 28.4. The molecule has 398 valence electrons. The van der Waals surface area contributed by atoms with Crippen LogP contribution in [0.2, 0.25) is 0 Å². The van der Waals surface area contributed by atoms with E-state index in [9.17, 15) is 0 Å². The van der Waals surface area contributed by atoms with Gasteiger partial charge in [0.1, 0.15) is 0 Å². The fourth-order valence-electron chi connectivity index (χ4n) is 12.6. The van der Waals surface area contributed by atoms with Gasteiger partial charge in [-0.2, -0.15) is 0 Å². The van der Waals surface area contributed by atoms with Crippen LogP contribution in [-0.4, -0.2) is 39.0 Å². The average Bonchev–Trinajstić information content (AvgIpc) is 1.79. The van der Waals surface area contributed by atoms with Crippen molar-refractivity contribution >= 4 is 43.6 Å². The number of hydrogen-bond acceptors (Lipinski definition) is 6. The predicted octanol–water partition coefficient (Wildman–Crippen LogP) is 18.8. The topological polar surface area (TPSA) is 87.2 Å². The molecule has 15 aromatic rings. The van der Waals surface area contributed by atoms with Crippen LogP contribution >= 0.6 is 0 Å². The van der Waals surface area contributed by atoms with Gasteiger partial charge in [0.05, 0.1) is 22.1 Å². The lowest BCUT2D eigenvalue weighted by molar-refractivity contribution is 1.07. The molecule has 11 aromatic carbocycles. The number of benzene rings is 11. The Kier molecular flexibility index (Phi) is 12.2. The SMILES string of the molecule is Cc1cc(-n2c3ccccc3c3c4c5ccccc5n(-c5cc(C)c(-c6ccc(-c7nc(-c8ccccc8)nc(-c8ccccc8)n7)cc6)c(C)c5)c4ccc32)cc(C)c1-c1ccc(-c2nc(-c3ccccc3)nc(-c3ccccc3)n2)cc1. The maximum absolute atomic E-state index is 4.99. The smallest absolute Gasteiger partial charge is 0.164 e. The van der Waals surface area contributed by atoms with Gasteiger partial charge < -0.3 is 9.13 Å². The maximum Gasteiger partial charge on any atom is 0.164 e. The van der Waals surface area contributed by atoms with E-state index < -0.39 is 0 Å². The molecule has 8 nitrogen and oxygen atoms in total. The van der Waals surface area contributed by atoms with E-state index in [4.69, 9.17) is 29.9 Å². The molecule has 0 aliphatic heterocycles. The van der Waals surface area contributed by atoms with Gasteiger partial charge in [0.15, 0.2) is 34.9 Å². The summed E-state index contributed by atoms with van der Waals surface area (Å²) in [5, 5.41) is 4.92. The Balaban J connectivity index is 0.784. The van der Waals surface area contributed by atoms with Crippen molar-refractivity contribution < 1.29 is 0 Å². The molecule has 0 radical (unpaired) electrons. The molecule has 0 saturated carbocycles. The number of para-hydroxylation sites is 2. The van der Waals surface area contributed by atoms with Crippen LogP contribution in [0.15, 0.2) is 255 Å². The molecule has 0 amide bonds. The molecular weight excluding hydrogens is 1020 g/mol. The molecule has 0 bridgehead atoms. The van der Waals surface area contributed by atoms with Crippen molar-refractivity contribution in [3.05, 3.63) is 277 Å². The number of aromatic nitrogens is 8. The summed E-state index contributed by atoms with van der Waals surface area (Å²) in [4.78, 5) is 29.8. The Morgan fingerprint density at radius 2 is 0.464 bits per heavy atom. The van der Waals surface area contributed by atoms with Crippen molar-refractivity contribution in [2.45, 2.75) is 27.7 Å². The number of fused-ring (bicyclic) bond motifs is 7. The minimum atomic E-state index is 0.637. The van der Waals surface area contributed by atoms with E-state index in [1.807, 2.05) is 121 Å². The molecule has 0 atom stereocenters. The third-order valence-corrected chi connectivity index (χ3v) is 16.3. The zero-order valence-electron chi connectivity index (χ0n) is 46.8. The molecule has 4 heterocycles. The summed E-state index contributed by atoms with van der Waals surface area (Å²) in [6, 6.07) is 89.5. The average molecular weight is 1080 g/mol. The lowest BCUT2D eigenvalue weighted by Crippen LogP contribution is -2.00. The maximum atomic E-state index is 4.99. The monoisotopic (exact) mass is 1080 g/mol. The molecule has 0 spiro atoms. The second-order valence-corrected chi connectivity index (χ2v) is 21.7. The van der Waals surface area contributed by atoms with E-state index in [0.717, 1.165) is 55.9 Å². The molecule has 84 heavy (non-hydrogen) atoms. The molecule has 0 N–H and O–H groups in total. The van der Waals surface area contributed by atoms with Gasteiger partial charge in [-0.05, 0) is 121 Å². The van der Waals surface area contributed by atoms with Crippen molar-refractivity contribution in [1.29, 1.82) is 0 Å². The van der Waals surface area contributed by atoms with Gasteiger partial charge in [0, 0.05) is 66.3 Å². The highest BCUT2D eigenvalue weighted by Crippen LogP contribution is 2.44. The third-order valence-electron chi connectivity index (χ3n) is 16.3. The van der Waals surface area contributed by atoms with E-state index in [1.54, 1.807) is 0 Å². The normalized spacial score (nSPS) is 11.6. The highest BCUT2D eigenvalue weighted by atomic mass is 15.0. The first-order valence-electron chi connectivity index (χ1n) is 28.4. The molecule has 0 aliphatic rings. The zero-order chi connectivity index (χ0) is 56.4. The molecule has 8 heteroatoms. The Bertz CT molecular complexity index is 4530. The Labute approximate surface area is 486 Å². The number of aryl methyl sites for hydroxylation is 4. The van der Waals surface area contributed by atoms with Crippen LogP contribution in [0, 0.1) is 27.7 Å². The first kappa shape index (κ1) is 50.0. The van der Waals surface area contributed by atoms with Crippen molar-refractivity contribution in [3.63, 3.8) is 0 Å². The van der Waals surface area contributed by atoms with Gasteiger partial charge in [0.25, 0.3) is 0 Å². The molecular formula is C76H54N8. The fourth-order valence-corrected chi connectivity index (χ4v) is 12.6. The summed E-state index contributed by atoms with van der Waals surface area (Å²) in [5.74, 6) is 3.86. The highest BCUT2D eigenvalue weighted by molar-refractivity contribution is 6.29. The first-order chi connectivity index (χ1) is 41.3. The van der Waals surface area contributed by atoms with Crippen LogP contribution in [0.5, 0.6) is 0 Å².